The molecule has 0 saturated carbocycles. The first-order valence-electron chi connectivity index (χ1n) is 6.03. The molecule has 2 aromatic heterocycles. The van der Waals surface area contributed by atoms with Crippen molar-refractivity contribution in [3.05, 3.63) is 45.4 Å². The van der Waals surface area contributed by atoms with E-state index in [1.165, 1.54) is 24.5 Å². The number of esters is 1. The summed E-state index contributed by atoms with van der Waals surface area (Å²) in [5.74, 6) is -0.544. The molecular formula is C14H12N2O3S. The number of thiazole rings is 1. The molecule has 20 heavy (non-hydrogen) atoms. The number of carbonyl (C=O) groups is 1. The van der Waals surface area contributed by atoms with Crippen molar-refractivity contribution in [3.63, 3.8) is 0 Å². The van der Waals surface area contributed by atoms with Crippen LogP contribution in [0.4, 0.5) is 0 Å². The molecule has 0 radical (unpaired) electrons. The number of carbonyl (C=O) groups excluding carboxylic acids is 1. The Bertz CT molecular complexity index is 908. The lowest BCUT2D eigenvalue weighted by Crippen LogP contribution is -2.15. The summed E-state index contributed by atoms with van der Waals surface area (Å²) in [7, 11) is 1.30. The summed E-state index contributed by atoms with van der Waals surface area (Å²) in [6, 6.07) is 5.24. The van der Waals surface area contributed by atoms with Crippen LogP contribution in [0.3, 0.4) is 0 Å². The van der Waals surface area contributed by atoms with E-state index in [-0.39, 0.29) is 5.69 Å². The number of methoxy groups -OCH3 is 1. The molecule has 0 aliphatic heterocycles. The fourth-order valence-electron chi connectivity index (χ4n) is 2.15. The van der Waals surface area contributed by atoms with Crippen molar-refractivity contribution in [2.75, 3.05) is 7.11 Å². The molecule has 0 N–H and O–H groups in total. The van der Waals surface area contributed by atoms with E-state index in [4.69, 9.17) is 4.74 Å². The van der Waals surface area contributed by atoms with Gasteiger partial charge in [0.15, 0.2) is 4.96 Å². The first kappa shape index (κ1) is 12.8. The van der Waals surface area contributed by atoms with E-state index in [1.54, 1.807) is 4.40 Å². The average molecular weight is 288 g/mol. The lowest BCUT2D eigenvalue weighted by molar-refractivity contribution is 0.0592. The normalized spacial score (nSPS) is 11.2. The van der Waals surface area contributed by atoms with E-state index in [2.05, 4.69) is 4.98 Å². The highest BCUT2D eigenvalue weighted by Crippen LogP contribution is 2.28. The molecule has 6 heteroatoms. The zero-order valence-electron chi connectivity index (χ0n) is 11.3. The number of aromatic nitrogens is 2. The number of ether oxygens (including phenoxy) is 1. The van der Waals surface area contributed by atoms with Gasteiger partial charge in [0.1, 0.15) is 5.69 Å². The van der Waals surface area contributed by atoms with Gasteiger partial charge >= 0.3 is 5.97 Å². The second-order valence-corrected chi connectivity index (χ2v) is 5.60. The van der Waals surface area contributed by atoms with E-state index in [0.717, 1.165) is 21.3 Å². The Morgan fingerprint density at radius 2 is 1.95 bits per heavy atom. The second kappa shape index (κ2) is 4.42. The van der Waals surface area contributed by atoms with Crippen molar-refractivity contribution in [3.8, 4) is 0 Å². The molecule has 0 spiro atoms. The molecule has 2 heterocycles. The lowest BCUT2D eigenvalue weighted by atomic mass is 10.1. The molecule has 0 aliphatic carbocycles. The van der Waals surface area contributed by atoms with Gasteiger partial charge in [0.25, 0.3) is 5.56 Å². The van der Waals surface area contributed by atoms with Crippen LogP contribution in [-0.4, -0.2) is 22.5 Å². The molecule has 0 saturated heterocycles. The molecule has 0 amide bonds. The zero-order valence-corrected chi connectivity index (χ0v) is 12.1. The van der Waals surface area contributed by atoms with E-state index in [9.17, 15) is 9.59 Å². The van der Waals surface area contributed by atoms with Gasteiger partial charge in [-0.3, -0.25) is 9.20 Å². The summed E-state index contributed by atoms with van der Waals surface area (Å²) in [4.78, 5) is 27.9. The summed E-state index contributed by atoms with van der Waals surface area (Å²) in [6.07, 6.45) is 0. The summed E-state index contributed by atoms with van der Waals surface area (Å²) in [6.45, 7) is 4.03. The monoisotopic (exact) mass is 288 g/mol. The number of rotatable bonds is 1. The minimum Gasteiger partial charge on any atom is -0.464 e. The third-order valence-corrected chi connectivity index (χ3v) is 4.31. The summed E-state index contributed by atoms with van der Waals surface area (Å²) in [5.41, 5.74) is 2.90. The van der Waals surface area contributed by atoms with Gasteiger partial charge in [-0.05, 0) is 37.1 Å². The van der Waals surface area contributed by atoms with Crippen LogP contribution >= 0.6 is 11.3 Å². The minimum atomic E-state index is -0.544. The van der Waals surface area contributed by atoms with Crippen molar-refractivity contribution >= 4 is 32.5 Å². The van der Waals surface area contributed by atoms with Gasteiger partial charge in [-0.2, -0.15) is 4.98 Å². The first-order valence-corrected chi connectivity index (χ1v) is 6.85. The fourth-order valence-corrected chi connectivity index (χ4v) is 3.26. The van der Waals surface area contributed by atoms with E-state index < -0.39 is 11.5 Å². The highest BCUT2D eigenvalue weighted by molar-refractivity contribution is 7.23. The highest BCUT2D eigenvalue weighted by atomic mass is 32.1. The molecule has 102 valence electrons. The molecule has 1 aromatic carbocycles. The van der Waals surface area contributed by atoms with Gasteiger partial charge in [0.2, 0.25) is 0 Å². The van der Waals surface area contributed by atoms with Crippen molar-refractivity contribution in [1.29, 1.82) is 0 Å². The number of hydrogen-bond acceptors (Lipinski definition) is 5. The fraction of sp³-hybridized carbons (Fsp3) is 0.214. The van der Waals surface area contributed by atoms with Gasteiger partial charge in [-0.15, -0.1) is 0 Å². The molecule has 0 bridgehead atoms. The van der Waals surface area contributed by atoms with Crippen LogP contribution in [0.1, 0.15) is 21.6 Å². The zero-order chi connectivity index (χ0) is 14.4. The SMILES string of the molecule is COC(=O)c1cc(=O)nc2sc3cc(C)c(C)cc3n12. The van der Waals surface area contributed by atoms with Crippen molar-refractivity contribution < 1.29 is 9.53 Å². The second-order valence-electron chi connectivity index (χ2n) is 4.60. The Hall–Kier alpha value is -2.21. The summed E-state index contributed by atoms with van der Waals surface area (Å²) < 4.78 is 7.41. The van der Waals surface area contributed by atoms with Crippen LogP contribution in [0.5, 0.6) is 0 Å². The molecule has 3 aromatic rings. The molecule has 5 nitrogen and oxygen atoms in total. The third-order valence-electron chi connectivity index (χ3n) is 3.31. The maximum absolute atomic E-state index is 11.9. The number of benzene rings is 1. The van der Waals surface area contributed by atoms with Gasteiger partial charge in [0, 0.05) is 6.07 Å². The van der Waals surface area contributed by atoms with E-state index >= 15 is 0 Å². The van der Waals surface area contributed by atoms with Crippen LogP contribution in [0.25, 0.3) is 15.2 Å². The Kier molecular flexibility index (Phi) is 2.83. The maximum Gasteiger partial charge on any atom is 0.355 e. The van der Waals surface area contributed by atoms with Gasteiger partial charge in [0.05, 0.1) is 17.3 Å². The third kappa shape index (κ3) is 1.80. The highest BCUT2D eigenvalue weighted by Gasteiger charge is 2.16. The van der Waals surface area contributed by atoms with Crippen LogP contribution in [0.15, 0.2) is 23.0 Å². The predicted molar refractivity (Wildman–Crippen MR) is 77.7 cm³/mol. The molecular weight excluding hydrogens is 276 g/mol. The lowest BCUT2D eigenvalue weighted by Gasteiger charge is -2.05. The summed E-state index contributed by atoms with van der Waals surface area (Å²) in [5, 5.41) is 0. The van der Waals surface area contributed by atoms with Crippen molar-refractivity contribution in [1.82, 2.24) is 9.38 Å². The average Bonchev–Trinajstić information content (AvgIpc) is 2.74. The predicted octanol–water partition coefficient (Wildman–Crippen LogP) is 2.31. The van der Waals surface area contributed by atoms with Crippen molar-refractivity contribution in [2.24, 2.45) is 0 Å². The molecule has 3 rings (SSSR count). The number of nitrogens with zero attached hydrogens (tertiary/aromatic N) is 2. The number of hydrogen-bond donors (Lipinski definition) is 0. The maximum atomic E-state index is 11.9. The van der Waals surface area contributed by atoms with Crippen LogP contribution in [0.2, 0.25) is 0 Å². The Balaban J connectivity index is 2.53. The van der Waals surface area contributed by atoms with Gasteiger partial charge < -0.3 is 4.74 Å². The van der Waals surface area contributed by atoms with Crippen molar-refractivity contribution in [2.45, 2.75) is 13.8 Å². The quantitative estimate of drug-likeness (QED) is 0.645. The van der Waals surface area contributed by atoms with Crippen LogP contribution < -0.4 is 5.56 Å². The Labute approximate surface area is 118 Å². The smallest absolute Gasteiger partial charge is 0.355 e. The van der Waals surface area contributed by atoms with Gasteiger partial charge in [-0.25, -0.2) is 4.79 Å². The van der Waals surface area contributed by atoms with Crippen LogP contribution in [-0.2, 0) is 4.74 Å². The Morgan fingerprint density at radius 3 is 2.65 bits per heavy atom. The standard InChI is InChI=1S/C14H12N2O3S/c1-7-4-9-11(5-8(7)2)20-14-15-12(17)6-10(16(9)14)13(18)19-3/h4-6H,1-3H3. The molecule has 0 aliphatic rings. The Morgan fingerprint density at radius 1 is 1.25 bits per heavy atom. The number of aryl methyl sites for hydroxylation is 2. The first-order chi connectivity index (χ1) is 9.51. The number of fused-ring (bicyclic) bond motifs is 3. The minimum absolute atomic E-state index is 0.206. The van der Waals surface area contributed by atoms with Gasteiger partial charge in [-0.1, -0.05) is 11.3 Å². The largest absolute Gasteiger partial charge is 0.464 e. The molecule has 0 fully saturated rings. The summed E-state index contributed by atoms with van der Waals surface area (Å²) >= 11 is 1.38. The van der Waals surface area contributed by atoms with E-state index in [0.29, 0.717) is 4.96 Å². The van der Waals surface area contributed by atoms with Crippen LogP contribution in [0, 0.1) is 13.8 Å². The molecule has 0 unspecified atom stereocenters. The topological polar surface area (TPSA) is 60.7 Å². The molecule has 0 atom stereocenters. The van der Waals surface area contributed by atoms with E-state index in [1.807, 2.05) is 26.0 Å².